The van der Waals surface area contributed by atoms with Gasteiger partial charge in [0.05, 0.1) is 6.04 Å². The van der Waals surface area contributed by atoms with Gasteiger partial charge in [0.2, 0.25) is 0 Å². The standard InChI is InChI=1S/C10H19N2O3/c1-8(14)10(12(3)15)6-9(7-13)4-5-11-2/h7,9-11H,4-6H2,1-3H3/q-1. The van der Waals surface area contributed by atoms with E-state index in [9.17, 15) is 14.8 Å². The van der Waals surface area contributed by atoms with Gasteiger partial charge < -0.3 is 20.4 Å². The zero-order valence-electron chi connectivity index (χ0n) is 9.53. The first-order valence-electron chi connectivity index (χ1n) is 5.03. The molecule has 0 aromatic carbocycles. The topological polar surface area (TPSA) is 72.5 Å². The summed E-state index contributed by atoms with van der Waals surface area (Å²) in [5.41, 5.74) is 0. The molecule has 1 N–H and O–H groups in total. The number of hydrogen-bond donors (Lipinski definition) is 1. The number of aldehydes is 1. The van der Waals surface area contributed by atoms with Gasteiger partial charge in [-0.1, -0.05) is 0 Å². The molecule has 0 radical (unpaired) electrons. The third kappa shape index (κ3) is 5.61. The molecule has 0 fully saturated rings. The van der Waals surface area contributed by atoms with Crippen LogP contribution in [0.25, 0.3) is 0 Å². The second-order valence-corrected chi connectivity index (χ2v) is 3.70. The number of hydrogen-bond acceptors (Lipinski definition) is 5. The van der Waals surface area contributed by atoms with E-state index < -0.39 is 6.04 Å². The minimum Gasteiger partial charge on any atom is -0.785 e. The van der Waals surface area contributed by atoms with Gasteiger partial charge in [-0.05, 0) is 40.4 Å². The Morgan fingerprint density at radius 2 is 2.20 bits per heavy atom. The Labute approximate surface area is 90.4 Å². The summed E-state index contributed by atoms with van der Waals surface area (Å²) in [5, 5.41) is 14.6. The Balaban J connectivity index is 4.22. The molecule has 0 saturated carbocycles. The minimum atomic E-state index is -0.697. The van der Waals surface area contributed by atoms with Crippen molar-refractivity contribution in [3.63, 3.8) is 0 Å². The molecule has 0 aromatic rings. The predicted octanol–water partition coefficient (Wildman–Crippen LogP) is 0.188. The summed E-state index contributed by atoms with van der Waals surface area (Å²) in [4.78, 5) is 21.9. The molecule has 5 heteroatoms. The summed E-state index contributed by atoms with van der Waals surface area (Å²) >= 11 is 0. The Kier molecular flexibility index (Phi) is 7.11. The van der Waals surface area contributed by atoms with E-state index in [2.05, 4.69) is 5.32 Å². The molecule has 0 aliphatic carbocycles. The van der Waals surface area contributed by atoms with E-state index in [1.54, 1.807) is 7.05 Å². The first kappa shape index (κ1) is 14.2. The quantitative estimate of drug-likeness (QED) is 0.462. The third-order valence-corrected chi connectivity index (χ3v) is 2.39. The van der Waals surface area contributed by atoms with Gasteiger partial charge in [0.1, 0.15) is 12.1 Å². The molecule has 0 saturated heterocycles. The molecule has 0 aliphatic heterocycles. The van der Waals surface area contributed by atoms with E-state index in [0.717, 1.165) is 6.29 Å². The van der Waals surface area contributed by atoms with E-state index in [4.69, 9.17) is 0 Å². The van der Waals surface area contributed by atoms with Crippen LogP contribution in [0.5, 0.6) is 0 Å². The van der Waals surface area contributed by atoms with Crippen LogP contribution in [-0.2, 0) is 9.59 Å². The molecule has 2 atom stereocenters. The van der Waals surface area contributed by atoms with Gasteiger partial charge in [-0.15, -0.1) is 0 Å². The monoisotopic (exact) mass is 215 g/mol. The SMILES string of the molecule is CNCCC(C=O)CC(C(C)=O)N(C)[O-]. The van der Waals surface area contributed by atoms with Crippen LogP contribution in [0, 0.1) is 11.1 Å². The fraction of sp³-hybridized carbons (Fsp3) is 0.800. The second-order valence-electron chi connectivity index (χ2n) is 3.70. The number of ketones is 1. The molecule has 15 heavy (non-hydrogen) atoms. The number of Topliss-reactive ketones (excluding diaryl/α,β-unsaturated/α-hetero) is 1. The van der Waals surface area contributed by atoms with E-state index >= 15 is 0 Å². The van der Waals surface area contributed by atoms with Crippen molar-refractivity contribution in [1.29, 1.82) is 0 Å². The van der Waals surface area contributed by atoms with E-state index in [1.165, 1.54) is 14.0 Å². The maximum Gasteiger partial charge on any atom is 0.145 e. The summed E-state index contributed by atoms with van der Waals surface area (Å²) in [5.74, 6) is -0.424. The van der Waals surface area contributed by atoms with Crippen molar-refractivity contribution in [2.45, 2.75) is 25.8 Å². The molecule has 0 amide bonds. The number of rotatable bonds is 8. The lowest BCUT2D eigenvalue weighted by atomic mass is 9.96. The zero-order chi connectivity index (χ0) is 11.8. The van der Waals surface area contributed by atoms with Crippen molar-refractivity contribution in [1.82, 2.24) is 10.4 Å². The summed E-state index contributed by atoms with van der Waals surface area (Å²) in [6.07, 6.45) is 1.77. The highest BCUT2D eigenvalue weighted by Crippen LogP contribution is 2.12. The van der Waals surface area contributed by atoms with Crippen molar-refractivity contribution in [3.05, 3.63) is 5.21 Å². The lowest BCUT2D eigenvalue weighted by Crippen LogP contribution is -2.35. The molecular formula is C10H19N2O3-. The molecule has 0 bridgehead atoms. The molecule has 0 aliphatic rings. The van der Waals surface area contributed by atoms with Crippen LogP contribution in [0.4, 0.5) is 0 Å². The van der Waals surface area contributed by atoms with Crippen LogP contribution in [0.1, 0.15) is 19.8 Å². The Morgan fingerprint density at radius 3 is 2.53 bits per heavy atom. The van der Waals surface area contributed by atoms with Crippen LogP contribution < -0.4 is 5.32 Å². The first-order chi connectivity index (χ1) is 7.02. The van der Waals surface area contributed by atoms with Crippen molar-refractivity contribution in [3.8, 4) is 0 Å². The Morgan fingerprint density at radius 1 is 1.60 bits per heavy atom. The van der Waals surface area contributed by atoms with Gasteiger partial charge in [0, 0.05) is 5.92 Å². The fourth-order valence-corrected chi connectivity index (χ4v) is 1.43. The summed E-state index contributed by atoms with van der Waals surface area (Å²) in [6.45, 7) is 2.08. The first-order valence-corrected chi connectivity index (χ1v) is 5.03. The average molecular weight is 215 g/mol. The summed E-state index contributed by atoms with van der Waals surface area (Å²) < 4.78 is 0. The van der Waals surface area contributed by atoms with Crippen LogP contribution >= 0.6 is 0 Å². The third-order valence-electron chi connectivity index (χ3n) is 2.39. The van der Waals surface area contributed by atoms with Crippen LogP contribution in [0.3, 0.4) is 0 Å². The molecule has 88 valence electrons. The minimum absolute atomic E-state index is 0.191. The summed E-state index contributed by atoms with van der Waals surface area (Å²) in [7, 11) is 3.11. The summed E-state index contributed by atoms with van der Waals surface area (Å²) in [6, 6.07) is -0.697. The van der Waals surface area contributed by atoms with E-state index in [-0.39, 0.29) is 11.7 Å². The van der Waals surface area contributed by atoms with E-state index in [1.807, 2.05) is 0 Å². The average Bonchev–Trinajstić information content (AvgIpc) is 2.17. The number of nitrogens with zero attached hydrogens (tertiary/aromatic N) is 1. The molecular weight excluding hydrogens is 196 g/mol. The van der Waals surface area contributed by atoms with Gasteiger partial charge in [-0.3, -0.25) is 4.79 Å². The lowest BCUT2D eigenvalue weighted by molar-refractivity contribution is -0.122. The number of nitrogens with one attached hydrogen (secondary N) is 1. The van der Waals surface area contributed by atoms with Gasteiger partial charge >= 0.3 is 0 Å². The highest BCUT2D eigenvalue weighted by atomic mass is 16.5. The van der Waals surface area contributed by atoms with Crippen molar-refractivity contribution >= 4 is 12.1 Å². The van der Waals surface area contributed by atoms with Crippen molar-refractivity contribution < 1.29 is 9.59 Å². The smallest absolute Gasteiger partial charge is 0.145 e. The second kappa shape index (κ2) is 7.50. The number of hydroxylamine groups is 2. The molecule has 0 spiro atoms. The van der Waals surface area contributed by atoms with Crippen molar-refractivity contribution in [2.75, 3.05) is 20.6 Å². The van der Waals surface area contributed by atoms with Gasteiger partial charge in [0.25, 0.3) is 0 Å². The number of likely N-dealkylation sites (N-methyl/N-ethyl adjacent to an activating group) is 1. The van der Waals surface area contributed by atoms with Gasteiger partial charge in [-0.2, -0.15) is 0 Å². The zero-order valence-corrected chi connectivity index (χ0v) is 9.53. The van der Waals surface area contributed by atoms with Crippen LogP contribution in [0.15, 0.2) is 0 Å². The highest BCUT2D eigenvalue weighted by molar-refractivity contribution is 5.81. The molecule has 0 rings (SSSR count). The molecule has 0 heterocycles. The Hall–Kier alpha value is -0.780. The highest BCUT2D eigenvalue weighted by Gasteiger charge is 2.19. The van der Waals surface area contributed by atoms with Crippen LogP contribution in [-0.4, -0.2) is 43.8 Å². The molecule has 5 nitrogen and oxygen atoms in total. The Bertz CT molecular complexity index is 207. The fourth-order valence-electron chi connectivity index (χ4n) is 1.43. The largest absolute Gasteiger partial charge is 0.785 e. The molecule has 0 aromatic heterocycles. The number of carbonyl (C=O) groups is 2. The maximum atomic E-state index is 11.1. The molecule has 2 unspecified atom stereocenters. The van der Waals surface area contributed by atoms with Gasteiger partial charge in [0.15, 0.2) is 0 Å². The van der Waals surface area contributed by atoms with Crippen LogP contribution in [0.2, 0.25) is 0 Å². The predicted molar refractivity (Wildman–Crippen MR) is 58.3 cm³/mol. The normalized spacial score (nSPS) is 15.0. The van der Waals surface area contributed by atoms with Crippen molar-refractivity contribution in [2.24, 2.45) is 5.92 Å². The lowest BCUT2D eigenvalue weighted by Gasteiger charge is -2.32. The van der Waals surface area contributed by atoms with E-state index in [0.29, 0.717) is 24.4 Å². The van der Waals surface area contributed by atoms with Gasteiger partial charge in [-0.25, -0.2) is 0 Å². The maximum absolute atomic E-state index is 11.1. The number of carbonyl (C=O) groups excluding carboxylic acids is 2.